The fourth-order valence-electron chi connectivity index (χ4n) is 2.58. The zero-order valence-electron chi connectivity index (χ0n) is 12.4. The minimum atomic E-state index is -0.976. The number of hydrogen-bond donors (Lipinski definition) is 3. The highest BCUT2D eigenvalue weighted by molar-refractivity contribution is 6.11. The van der Waals surface area contributed by atoms with Gasteiger partial charge in [0.2, 0.25) is 0 Å². The predicted octanol–water partition coefficient (Wildman–Crippen LogP) is 3.40. The number of nitrogens with two attached hydrogens (primary N) is 1. The number of hydrogen-bond acceptors (Lipinski definition) is 6. The molecular weight excluding hydrogens is 308 g/mol. The van der Waals surface area contributed by atoms with Gasteiger partial charge < -0.3 is 20.7 Å². The number of fused-ring (bicyclic) bond motifs is 3. The lowest BCUT2D eigenvalue weighted by atomic mass is 10.1. The number of aromatic nitrogens is 2. The second-order valence-corrected chi connectivity index (χ2v) is 5.26. The van der Waals surface area contributed by atoms with E-state index < -0.39 is 5.97 Å². The molecule has 7 nitrogen and oxygen atoms in total. The fourth-order valence-corrected chi connectivity index (χ4v) is 2.58. The Morgan fingerprint density at radius 3 is 2.62 bits per heavy atom. The normalized spacial score (nSPS) is 11.0. The highest BCUT2D eigenvalue weighted by Crippen LogP contribution is 2.34. The third-order valence-corrected chi connectivity index (χ3v) is 3.73. The van der Waals surface area contributed by atoms with Crippen molar-refractivity contribution in [1.29, 1.82) is 0 Å². The van der Waals surface area contributed by atoms with E-state index in [4.69, 9.17) is 15.4 Å². The average Bonchev–Trinajstić information content (AvgIpc) is 2.98. The molecule has 2 aromatic carbocycles. The van der Waals surface area contributed by atoms with E-state index in [9.17, 15) is 4.79 Å². The van der Waals surface area contributed by atoms with Gasteiger partial charge in [0.25, 0.3) is 0 Å². The van der Waals surface area contributed by atoms with Gasteiger partial charge in [0, 0.05) is 11.1 Å². The van der Waals surface area contributed by atoms with E-state index in [1.54, 1.807) is 12.1 Å². The van der Waals surface area contributed by atoms with Crippen molar-refractivity contribution >= 4 is 45.2 Å². The molecule has 0 radical (unpaired) electrons. The largest absolute Gasteiger partial charge is 0.478 e. The summed E-state index contributed by atoms with van der Waals surface area (Å²) in [5, 5.41) is 17.4. The maximum Gasteiger partial charge on any atom is 0.335 e. The van der Waals surface area contributed by atoms with E-state index in [2.05, 4.69) is 15.5 Å². The summed E-state index contributed by atoms with van der Waals surface area (Å²) in [5.41, 5.74) is 8.12. The molecule has 0 spiro atoms. The second-order valence-electron chi connectivity index (χ2n) is 5.26. The lowest BCUT2D eigenvalue weighted by Crippen LogP contribution is -1.99. The van der Waals surface area contributed by atoms with Gasteiger partial charge in [-0.3, -0.25) is 0 Å². The molecule has 2 aromatic heterocycles. The molecule has 4 N–H and O–H groups in total. The van der Waals surface area contributed by atoms with Gasteiger partial charge in [-0.15, -0.1) is 0 Å². The Balaban J connectivity index is 1.85. The van der Waals surface area contributed by atoms with Gasteiger partial charge >= 0.3 is 5.97 Å². The summed E-state index contributed by atoms with van der Waals surface area (Å²) in [6.07, 6.45) is 0. The molecule has 0 unspecified atom stereocenters. The molecule has 0 bridgehead atoms. The monoisotopic (exact) mass is 320 g/mol. The van der Waals surface area contributed by atoms with E-state index in [-0.39, 0.29) is 11.4 Å². The zero-order valence-corrected chi connectivity index (χ0v) is 12.4. The van der Waals surface area contributed by atoms with Crippen LogP contribution in [0.2, 0.25) is 0 Å². The number of aromatic carboxylic acids is 1. The van der Waals surface area contributed by atoms with Crippen LogP contribution in [0.15, 0.2) is 53.1 Å². The molecule has 0 saturated heterocycles. The van der Waals surface area contributed by atoms with Crippen molar-refractivity contribution in [3.05, 3.63) is 54.1 Å². The van der Waals surface area contributed by atoms with Crippen molar-refractivity contribution in [3.63, 3.8) is 0 Å². The summed E-state index contributed by atoms with van der Waals surface area (Å²) in [7, 11) is 0. The fraction of sp³-hybridized carbons (Fsp3) is 0. The van der Waals surface area contributed by atoms with Crippen LogP contribution in [0, 0.1) is 0 Å². The number of carbonyl (C=O) groups is 1. The lowest BCUT2D eigenvalue weighted by Gasteiger charge is -2.08. The van der Waals surface area contributed by atoms with Gasteiger partial charge in [0.1, 0.15) is 11.2 Å². The van der Waals surface area contributed by atoms with Crippen molar-refractivity contribution in [2.45, 2.75) is 0 Å². The Bertz CT molecular complexity index is 1070. The van der Waals surface area contributed by atoms with Crippen LogP contribution >= 0.6 is 0 Å². The number of nitrogen functional groups attached to an aromatic ring is 1. The van der Waals surface area contributed by atoms with E-state index in [0.717, 1.165) is 10.9 Å². The zero-order chi connectivity index (χ0) is 16.7. The summed E-state index contributed by atoms with van der Waals surface area (Å²) >= 11 is 0. The van der Waals surface area contributed by atoms with Crippen LogP contribution in [0.25, 0.3) is 21.9 Å². The number of carboxylic acid groups (broad SMARTS) is 1. The number of anilines is 3. The quantitative estimate of drug-likeness (QED) is 0.530. The van der Waals surface area contributed by atoms with Gasteiger partial charge in [-0.05, 0) is 36.4 Å². The van der Waals surface area contributed by atoms with Crippen LogP contribution in [0.5, 0.6) is 0 Å². The third-order valence-electron chi connectivity index (χ3n) is 3.73. The minimum absolute atomic E-state index is 0.210. The maximum absolute atomic E-state index is 10.9. The van der Waals surface area contributed by atoms with Crippen LogP contribution in [-0.2, 0) is 0 Å². The predicted molar refractivity (Wildman–Crippen MR) is 90.4 cm³/mol. The van der Waals surface area contributed by atoms with Crippen molar-refractivity contribution in [3.8, 4) is 0 Å². The first-order valence-corrected chi connectivity index (χ1v) is 7.17. The Kier molecular flexibility index (Phi) is 3.06. The summed E-state index contributed by atoms with van der Waals surface area (Å²) in [6.45, 7) is 0. The molecule has 0 aliphatic rings. The van der Waals surface area contributed by atoms with Crippen molar-refractivity contribution in [1.82, 2.24) is 10.1 Å². The van der Waals surface area contributed by atoms with Gasteiger partial charge in [0.05, 0.1) is 11.1 Å². The highest BCUT2D eigenvalue weighted by atomic mass is 16.5. The molecule has 0 amide bonds. The SMILES string of the molecule is Nc1noc2c1c(Nc1ccc(C(=O)O)cc1)nc1ccccc12. The number of nitrogens with one attached hydrogen (secondary N) is 1. The topological polar surface area (TPSA) is 114 Å². The molecule has 4 aromatic rings. The minimum Gasteiger partial charge on any atom is -0.478 e. The molecule has 0 fully saturated rings. The van der Waals surface area contributed by atoms with Crippen LogP contribution in [0.1, 0.15) is 10.4 Å². The Morgan fingerprint density at radius 1 is 1.12 bits per heavy atom. The summed E-state index contributed by atoms with van der Waals surface area (Å²) < 4.78 is 5.36. The Morgan fingerprint density at radius 2 is 1.88 bits per heavy atom. The number of para-hydroxylation sites is 1. The molecule has 118 valence electrons. The van der Waals surface area contributed by atoms with Gasteiger partial charge in [-0.2, -0.15) is 0 Å². The van der Waals surface area contributed by atoms with Crippen LogP contribution in [0.3, 0.4) is 0 Å². The van der Waals surface area contributed by atoms with E-state index in [1.165, 1.54) is 12.1 Å². The van der Waals surface area contributed by atoms with E-state index in [0.29, 0.717) is 22.5 Å². The molecule has 0 aliphatic heterocycles. The van der Waals surface area contributed by atoms with Gasteiger partial charge in [0.15, 0.2) is 11.4 Å². The lowest BCUT2D eigenvalue weighted by molar-refractivity contribution is 0.0697. The molecule has 0 atom stereocenters. The number of rotatable bonds is 3. The molecule has 24 heavy (non-hydrogen) atoms. The van der Waals surface area contributed by atoms with E-state index >= 15 is 0 Å². The summed E-state index contributed by atoms with van der Waals surface area (Å²) in [5.74, 6) is -0.227. The van der Waals surface area contributed by atoms with Gasteiger partial charge in [-0.1, -0.05) is 17.3 Å². The van der Waals surface area contributed by atoms with Crippen LogP contribution in [-0.4, -0.2) is 21.2 Å². The smallest absolute Gasteiger partial charge is 0.335 e. The number of carboxylic acids is 1. The molecule has 0 saturated carbocycles. The number of benzene rings is 2. The van der Waals surface area contributed by atoms with Gasteiger partial charge in [-0.25, -0.2) is 9.78 Å². The van der Waals surface area contributed by atoms with Crippen molar-refractivity contribution < 1.29 is 14.4 Å². The third kappa shape index (κ3) is 2.19. The van der Waals surface area contributed by atoms with Crippen molar-refractivity contribution in [2.75, 3.05) is 11.1 Å². The Hall–Kier alpha value is -3.61. The standard InChI is InChI=1S/C17H12N4O3/c18-15-13-14(24-21-15)11-3-1-2-4-12(11)20-16(13)19-10-7-5-9(6-8-10)17(22)23/h1-8H,(H2,18,21)(H,19,20)(H,22,23). The first-order chi connectivity index (χ1) is 11.6. The van der Waals surface area contributed by atoms with Crippen molar-refractivity contribution in [2.24, 2.45) is 0 Å². The maximum atomic E-state index is 10.9. The molecular formula is C17H12N4O3. The molecule has 0 aliphatic carbocycles. The summed E-state index contributed by atoms with van der Waals surface area (Å²) in [6, 6.07) is 13.9. The molecule has 2 heterocycles. The van der Waals surface area contributed by atoms with Crippen LogP contribution in [0.4, 0.5) is 17.3 Å². The highest BCUT2D eigenvalue weighted by Gasteiger charge is 2.16. The molecule has 4 rings (SSSR count). The average molecular weight is 320 g/mol. The first-order valence-electron chi connectivity index (χ1n) is 7.17. The number of pyridine rings is 1. The molecule has 7 heteroatoms. The van der Waals surface area contributed by atoms with E-state index in [1.807, 2.05) is 24.3 Å². The van der Waals surface area contributed by atoms with Crippen LogP contribution < -0.4 is 11.1 Å². The second kappa shape index (κ2) is 5.24. The Labute approximate surface area is 135 Å². The summed E-state index contributed by atoms with van der Waals surface area (Å²) in [4.78, 5) is 15.5. The first kappa shape index (κ1) is 14.0. The number of nitrogens with zero attached hydrogens (tertiary/aromatic N) is 2.